The largest absolute Gasteiger partial charge is 0.332 e. The fourth-order valence-corrected chi connectivity index (χ4v) is 3.28. The third-order valence-corrected chi connectivity index (χ3v) is 4.59. The van der Waals surface area contributed by atoms with Crippen molar-refractivity contribution < 1.29 is 4.92 Å². The first-order chi connectivity index (χ1) is 11.5. The zero-order valence-corrected chi connectivity index (χ0v) is 14.4. The van der Waals surface area contributed by atoms with Crippen LogP contribution in [0.3, 0.4) is 0 Å². The van der Waals surface area contributed by atoms with Gasteiger partial charge in [0.2, 0.25) is 0 Å². The summed E-state index contributed by atoms with van der Waals surface area (Å²) in [5.74, 6) is 0. The minimum absolute atomic E-state index is 0.0400. The van der Waals surface area contributed by atoms with Gasteiger partial charge in [0.25, 0.3) is 5.69 Å². The summed E-state index contributed by atoms with van der Waals surface area (Å²) in [7, 11) is 0. The van der Waals surface area contributed by atoms with E-state index in [0.29, 0.717) is 15.8 Å². The molecule has 2 N–H and O–H groups in total. The zero-order valence-electron chi connectivity index (χ0n) is 12.8. The fraction of sp³-hybridized carbons (Fsp3) is 0.235. The Kier molecular flexibility index (Phi) is 4.97. The van der Waals surface area contributed by atoms with Crippen molar-refractivity contribution in [2.24, 2.45) is 0 Å². The number of nitro groups is 1. The second-order valence-electron chi connectivity index (χ2n) is 5.65. The number of hydrogen-bond acceptors (Lipinski definition) is 3. The topological polar surface area (TPSA) is 67.2 Å². The number of anilines is 2. The predicted molar refractivity (Wildman–Crippen MR) is 101 cm³/mol. The van der Waals surface area contributed by atoms with Crippen molar-refractivity contribution in [2.75, 3.05) is 10.6 Å². The number of fused-ring (bicyclic) bond motifs is 1. The molecule has 0 aromatic heterocycles. The highest BCUT2D eigenvalue weighted by Gasteiger charge is 2.15. The van der Waals surface area contributed by atoms with Gasteiger partial charge < -0.3 is 10.6 Å². The van der Waals surface area contributed by atoms with Crippen LogP contribution in [0.1, 0.15) is 24.0 Å². The van der Waals surface area contributed by atoms with Crippen LogP contribution in [-0.4, -0.2) is 10.0 Å². The van der Waals surface area contributed by atoms with Gasteiger partial charge in [0, 0.05) is 17.8 Å². The first kappa shape index (κ1) is 16.7. The van der Waals surface area contributed by atoms with E-state index in [4.69, 9.17) is 23.8 Å². The first-order valence-electron chi connectivity index (χ1n) is 7.67. The average Bonchev–Trinajstić information content (AvgIpc) is 2.57. The Morgan fingerprint density at radius 2 is 1.88 bits per heavy atom. The number of thiocarbonyl (C=S) groups is 1. The fourth-order valence-electron chi connectivity index (χ4n) is 2.90. The zero-order chi connectivity index (χ0) is 17.1. The molecular formula is C17H16ClN3O2S. The first-order valence-corrected chi connectivity index (χ1v) is 8.46. The van der Waals surface area contributed by atoms with Gasteiger partial charge in [-0.1, -0.05) is 23.7 Å². The van der Waals surface area contributed by atoms with Gasteiger partial charge in [-0.2, -0.15) is 0 Å². The summed E-state index contributed by atoms with van der Waals surface area (Å²) in [5, 5.41) is 17.8. The van der Waals surface area contributed by atoms with E-state index < -0.39 is 4.92 Å². The molecule has 0 bridgehead atoms. The lowest BCUT2D eigenvalue weighted by Gasteiger charge is -2.20. The van der Waals surface area contributed by atoms with Crippen LogP contribution in [0.15, 0.2) is 36.4 Å². The number of non-ortho nitro benzene ring substituents is 1. The molecule has 0 saturated carbocycles. The minimum Gasteiger partial charge on any atom is -0.332 e. The summed E-state index contributed by atoms with van der Waals surface area (Å²) in [6, 6.07) is 10.4. The van der Waals surface area contributed by atoms with E-state index in [9.17, 15) is 10.1 Å². The van der Waals surface area contributed by atoms with Crippen molar-refractivity contribution in [1.82, 2.24) is 0 Å². The van der Waals surface area contributed by atoms with Crippen LogP contribution >= 0.6 is 23.8 Å². The van der Waals surface area contributed by atoms with Gasteiger partial charge >= 0.3 is 0 Å². The second-order valence-corrected chi connectivity index (χ2v) is 6.47. The van der Waals surface area contributed by atoms with Crippen molar-refractivity contribution in [1.29, 1.82) is 0 Å². The second kappa shape index (κ2) is 7.15. The smallest absolute Gasteiger partial charge is 0.271 e. The number of nitrogens with zero attached hydrogens (tertiary/aromatic N) is 1. The van der Waals surface area contributed by atoms with E-state index in [1.807, 2.05) is 12.1 Å². The minimum atomic E-state index is -0.467. The van der Waals surface area contributed by atoms with E-state index in [0.717, 1.165) is 18.5 Å². The lowest BCUT2D eigenvalue weighted by atomic mass is 9.90. The van der Waals surface area contributed by atoms with E-state index in [1.54, 1.807) is 0 Å². The molecule has 0 amide bonds. The maximum absolute atomic E-state index is 10.9. The number of benzene rings is 2. The Hall–Kier alpha value is -2.18. The number of rotatable bonds is 3. The van der Waals surface area contributed by atoms with E-state index in [1.165, 1.54) is 42.2 Å². The number of nitro benzene ring substituents is 1. The summed E-state index contributed by atoms with van der Waals surface area (Å²) < 4.78 is 0. The molecule has 2 aromatic carbocycles. The third-order valence-electron chi connectivity index (χ3n) is 4.05. The van der Waals surface area contributed by atoms with Crippen molar-refractivity contribution >= 4 is 46.0 Å². The van der Waals surface area contributed by atoms with Crippen LogP contribution < -0.4 is 10.6 Å². The number of halogens is 1. The standard InChI is InChI=1S/C17H16ClN3O2S/c18-14-9-8-12(21(22)23)10-16(14)20-17(24)19-15-7-3-5-11-4-1-2-6-13(11)15/h3,5,7-10H,1-2,4,6H2,(H2,19,20,24). The summed E-state index contributed by atoms with van der Waals surface area (Å²) in [5.41, 5.74) is 3.99. The molecule has 0 unspecified atom stereocenters. The van der Waals surface area contributed by atoms with Gasteiger partial charge in [0.15, 0.2) is 5.11 Å². The van der Waals surface area contributed by atoms with Gasteiger partial charge in [0.1, 0.15) is 0 Å². The van der Waals surface area contributed by atoms with Crippen LogP contribution in [0.5, 0.6) is 0 Å². The average molecular weight is 362 g/mol. The quantitative estimate of drug-likeness (QED) is 0.460. The maximum atomic E-state index is 10.9. The van der Waals surface area contributed by atoms with Gasteiger partial charge in [-0.15, -0.1) is 0 Å². The molecule has 0 radical (unpaired) electrons. The predicted octanol–water partition coefficient (Wildman–Crippen LogP) is 4.94. The Labute approximate surface area is 150 Å². The molecule has 0 heterocycles. The van der Waals surface area contributed by atoms with Gasteiger partial charge in [-0.05, 0) is 61.2 Å². The lowest BCUT2D eigenvalue weighted by molar-refractivity contribution is -0.384. The van der Waals surface area contributed by atoms with Crippen LogP contribution in [0.25, 0.3) is 0 Å². The summed E-state index contributed by atoms with van der Waals surface area (Å²) in [6.45, 7) is 0. The maximum Gasteiger partial charge on any atom is 0.271 e. The molecule has 5 nitrogen and oxygen atoms in total. The number of aryl methyl sites for hydroxylation is 1. The van der Waals surface area contributed by atoms with E-state index in [2.05, 4.69) is 16.7 Å². The molecule has 3 rings (SSSR count). The molecule has 124 valence electrons. The highest BCUT2D eigenvalue weighted by molar-refractivity contribution is 7.80. The summed E-state index contributed by atoms with van der Waals surface area (Å²) in [4.78, 5) is 10.4. The molecule has 0 fully saturated rings. The van der Waals surface area contributed by atoms with Crippen LogP contribution in [0.4, 0.5) is 17.1 Å². The molecule has 7 heteroatoms. The van der Waals surface area contributed by atoms with Gasteiger partial charge in [0.05, 0.1) is 15.6 Å². The van der Waals surface area contributed by atoms with Crippen molar-refractivity contribution in [3.8, 4) is 0 Å². The molecular weight excluding hydrogens is 346 g/mol. The van der Waals surface area contributed by atoms with Crippen molar-refractivity contribution in [3.63, 3.8) is 0 Å². The molecule has 1 aliphatic rings. The lowest BCUT2D eigenvalue weighted by Crippen LogP contribution is -2.21. The van der Waals surface area contributed by atoms with E-state index >= 15 is 0 Å². The number of hydrogen-bond donors (Lipinski definition) is 2. The molecule has 1 aliphatic carbocycles. The van der Waals surface area contributed by atoms with Crippen molar-refractivity contribution in [3.05, 3.63) is 62.7 Å². The van der Waals surface area contributed by atoms with Gasteiger partial charge in [-0.3, -0.25) is 10.1 Å². The molecule has 0 saturated heterocycles. The number of nitrogens with one attached hydrogen (secondary N) is 2. The van der Waals surface area contributed by atoms with Gasteiger partial charge in [-0.25, -0.2) is 0 Å². The summed E-state index contributed by atoms with van der Waals surface area (Å²) in [6.07, 6.45) is 4.49. The molecule has 24 heavy (non-hydrogen) atoms. The van der Waals surface area contributed by atoms with Crippen LogP contribution in [-0.2, 0) is 12.8 Å². The van der Waals surface area contributed by atoms with Crippen LogP contribution in [0, 0.1) is 10.1 Å². The van der Waals surface area contributed by atoms with Crippen LogP contribution in [0.2, 0.25) is 5.02 Å². The molecule has 0 atom stereocenters. The molecule has 2 aromatic rings. The third kappa shape index (κ3) is 3.66. The Bertz CT molecular complexity index is 810. The Morgan fingerprint density at radius 3 is 2.67 bits per heavy atom. The molecule has 0 aliphatic heterocycles. The Balaban J connectivity index is 1.77. The monoisotopic (exact) mass is 361 g/mol. The Morgan fingerprint density at radius 1 is 1.12 bits per heavy atom. The highest BCUT2D eigenvalue weighted by atomic mass is 35.5. The van der Waals surface area contributed by atoms with Crippen molar-refractivity contribution in [2.45, 2.75) is 25.7 Å². The molecule has 0 spiro atoms. The highest BCUT2D eigenvalue weighted by Crippen LogP contribution is 2.29. The normalized spacial score (nSPS) is 13.0. The SMILES string of the molecule is O=[N+]([O-])c1ccc(Cl)c(NC(=S)Nc2cccc3c2CCCC3)c1. The van der Waals surface area contributed by atoms with E-state index in [-0.39, 0.29) is 5.69 Å². The summed E-state index contributed by atoms with van der Waals surface area (Å²) >= 11 is 11.4.